The van der Waals surface area contributed by atoms with Crippen LogP contribution in [0.25, 0.3) is 0 Å². The van der Waals surface area contributed by atoms with Crippen LogP contribution < -0.4 is 16.4 Å². The first-order chi connectivity index (χ1) is 13.1. The Hall–Kier alpha value is -4.08. The molecule has 3 rings (SSSR count). The SMILES string of the molecule is COC(=O)c1cc(Nc2ccncn2)c(Nc2ccncn2)cc1C(N)=O. The fourth-order valence-electron chi connectivity index (χ4n) is 2.29. The lowest BCUT2D eigenvalue weighted by atomic mass is 10.0. The van der Waals surface area contributed by atoms with Crippen molar-refractivity contribution in [3.05, 3.63) is 60.4 Å². The second kappa shape index (κ2) is 7.87. The molecule has 0 saturated heterocycles. The number of hydrogen-bond acceptors (Lipinski definition) is 9. The quantitative estimate of drug-likeness (QED) is 0.555. The minimum Gasteiger partial charge on any atom is -0.465 e. The first kappa shape index (κ1) is 17.7. The van der Waals surface area contributed by atoms with Gasteiger partial charge >= 0.3 is 5.97 Å². The van der Waals surface area contributed by atoms with Crippen molar-refractivity contribution in [2.75, 3.05) is 17.7 Å². The van der Waals surface area contributed by atoms with Gasteiger partial charge in [-0.1, -0.05) is 0 Å². The number of carbonyl (C=O) groups excluding carboxylic acids is 2. The fourth-order valence-corrected chi connectivity index (χ4v) is 2.29. The Morgan fingerprint density at radius 3 is 1.85 bits per heavy atom. The van der Waals surface area contributed by atoms with Gasteiger partial charge in [-0.2, -0.15) is 0 Å². The number of amides is 1. The first-order valence-corrected chi connectivity index (χ1v) is 7.70. The third-order valence-corrected chi connectivity index (χ3v) is 3.52. The van der Waals surface area contributed by atoms with Gasteiger partial charge in [0.1, 0.15) is 24.3 Å². The van der Waals surface area contributed by atoms with E-state index in [1.165, 1.54) is 31.9 Å². The lowest BCUT2D eigenvalue weighted by molar-refractivity contribution is 0.0597. The molecule has 27 heavy (non-hydrogen) atoms. The van der Waals surface area contributed by atoms with E-state index in [-0.39, 0.29) is 11.1 Å². The number of nitrogens with two attached hydrogens (primary N) is 1. The number of hydrogen-bond donors (Lipinski definition) is 3. The van der Waals surface area contributed by atoms with Gasteiger partial charge in [-0.15, -0.1) is 0 Å². The summed E-state index contributed by atoms with van der Waals surface area (Å²) in [6.45, 7) is 0. The predicted molar refractivity (Wildman–Crippen MR) is 96.9 cm³/mol. The molecule has 1 amide bonds. The zero-order chi connectivity index (χ0) is 19.2. The van der Waals surface area contributed by atoms with Gasteiger partial charge in [0.15, 0.2) is 0 Å². The maximum atomic E-state index is 12.1. The Balaban J connectivity index is 2.11. The molecule has 0 aliphatic heterocycles. The Morgan fingerprint density at radius 2 is 1.44 bits per heavy atom. The Morgan fingerprint density at radius 1 is 0.926 bits per heavy atom. The molecule has 0 saturated carbocycles. The van der Waals surface area contributed by atoms with Crippen molar-refractivity contribution in [1.29, 1.82) is 0 Å². The van der Waals surface area contributed by atoms with Crippen LogP contribution in [0, 0.1) is 0 Å². The number of primary amides is 1. The Labute approximate surface area is 153 Å². The van der Waals surface area contributed by atoms with E-state index in [1.54, 1.807) is 24.5 Å². The van der Waals surface area contributed by atoms with Gasteiger partial charge in [0.05, 0.1) is 29.6 Å². The molecule has 2 aromatic heterocycles. The number of esters is 1. The lowest BCUT2D eigenvalue weighted by Gasteiger charge is -2.16. The van der Waals surface area contributed by atoms with Gasteiger partial charge in [-0.05, 0) is 24.3 Å². The monoisotopic (exact) mass is 365 g/mol. The average molecular weight is 365 g/mol. The molecule has 1 aromatic carbocycles. The van der Waals surface area contributed by atoms with Gasteiger partial charge in [0.25, 0.3) is 0 Å². The van der Waals surface area contributed by atoms with Gasteiger partial charge in [-0.25, -0.2) is 24.7 Å². The summed E-state index contributed by atoms with van der Waals surface area (Å²) < 4.78 is 4.75. The zero-order valence-corrected chi connectivity index (χ0v) is 14.2. The summed E-state index contributed by atoms with van der Waals surface area (Å²) in [7, 11) is 1.22. The molecule has 4 N–H and O–H groups in total. The predicted octanol–water partition coefficient (Wildman–Crippen LogP) is 1.64. The van der Waals surface area contributed by atoms with Crippen molar-refractivity contribution in [3.8, 4) is 0 Å². The zero-order valence-electron chi connectivity index (χ0n) is 14.2. The molecular formula is C17H15N7O3. The van der Waals surface area contributed by atoms with E-state index >= 15 is 0 Å². The van der Waals surface area contributed by atoms with Crippen LogP contribution >= 0.6 is 0 Å². The molecule has 10 nitrogen and oxygen atoms in total. The highest BCUT2D eigenvalue weighted by Gasteiger charge is 2.20. The van der Waals surface area contributed by atoms with Crippen molar-refractivity contribution >= 4 is 34.9 Å². The summed E-state index contributed by atoms with van der Waals surface area (Å²) in [6.07, 6.45) is 5.87. The van der Waals surface area contributed by atoms with E-state index in [1.807, 2.05) is 0 Å². The number of aromatic nitrogens is 4. The largest absolute Gasteiger partial charge is 0.465 e. The van der Waals surface area contributed by atoms with E-state index in [2.05, 4.69) is 30.6 Å². The molecule has 0 aliphatic carbocycles. The highest BCUT2D eigenvalue weighted by atomic mass is 16.5. The average Bonchev–Trinajstić information content (AvgIpc) is 2.69. The molecule has 0 atom stereocenters. The molecular weight excluding hydrogens is 350 g/mol. The maximum Gasteiger partial charge on any atom is 0.338 e. The van der Waals surface area contributed by atoms with Gasteiger partial charge in [0, 0.05) is 12.4 Å². The molecule has 0 bridgehead atoms. The summed E-state index contributed by atoms with van der Waals surface area (Å²) in [5.74, 6) is -0.492. The van der Waals surface area contributed by atoms with E-state index in [0.717, 1.165) is 0 Å². The molecule has 0 spiro atoms. The molecule has 10 heteroatoms. The van der Waals surface area contributed by atoms with Crippen molar-refractivity contribution in [2.45, 2.75) is 0 Å². The molecule has 0 aliphatic rings. The highest BCUT2D eigenvalue weighted by Crippen LogP contribution is 2.31. The van der Waals surface area contributed by atoms with E-state index in [9.17, 15) is 9.59 Å². The van der Waals surface area contributed by atoms with E-state index in [0.29, 0.717) is 23.0 Å². The third-order valence-electron chi connectivity index (χ3n) is 3.52. The van der Waals surface area contributed by atoms with Crippen molar-refractivity contribution in [1.82, 2.24) is 19.9 Å². The Kier molecular flexibility index (Phi) is 5.17. The smallest absolute Gasteiger partial charge is 0.338 e. The number of ether oxygens (including phenoxy) is 1. The Bertz CT molecular complexity index is 965. The summed E-state index contributed by atoms with van der Waals surface area (Å²) in [4.78, 5) is 39.8. The fraction of sp³-hybridized carbons (Fsp3) is 0.0588. The number of carbonyl (C=O) groups is 2. The van der Waals surface area contributed by atoms with Crippen LogP contribution in [0.15, 0.2) is 49.3 Å². The van der Waals surface area contributed by atoms with Crippen LogP contribution in [0.4, 0.5) is 23.0 Å². The minimum atomic E-state index is -0.769. The van der Waals surface area contributed by atoms with Crippen molar-refractivity contribution in [2.24, 2.45) is 5.73 Å². The number of nitrogens with zero attached hydrogens (tertiary/aromatic N) is 4. The topological polar surface area (TPSA) is 145 Å². The summed E-state index contributed by atoms with van der Waals surface area (Å²) in [5, 5.41) is 6.12. The molecule has 136 valence electrons. The standard InChI is InChI=1S/C17H15N7O3/c1-27-17(26)11-7-13(24-15-3-5-20-9-22-15)12(6-10(11)16(18)25)23-14-2-4-19-8-21-14/h2-9H,1H3,(H2,18,25)(H,19,21,23)(H,20,22,24). The second-order valence-corrected chi connectivity index (χ2v) is 5.24. The van der Waals surface area contributed by atoms with Gasteiger partial charge in [0.2, 0.25) is 5.91 Å². The third kappa shape index (κ3) is 4.12. The van der Waals surface area contributed by atoms with Crippen LogP contribution in [0.2, 0.25) is 0 Å². The minimum absolute atomic E-state index is 0.00615. The van der Waals surface area contributed by atoms with Crippen LogP contribution in [0.3, 0.4) is 0 Å². The normalized spacial score (nSPS) is 10.1. The molecule has 0 radical (unpaired) electrons. The molecule has 0 unspecified atom stereocenters. The van der Waals surface area contributed by atoms with Crippen LogP contribution in [-0.2, 0) is 4.74 Å². The van der Waals surface area contributed by atoms with Gasteiger partial charge in [-0.3, -0.25) is 4.79 Å². The first-order valence-electron chi connectivity index (χ1n) is 7.70. The van der Waals surface area contributed by atoms with Crippen LogP contribution in [0.1, 0.15) is 20.7 Å². The summed E-state index contributed by atoms with van der Waals surface area (Å²) >= 11 is 0. The molecule has 2 heterocycles. The second-order valence-electron chi connectivity index (χ2n) is 5.24. The van der Waals surface area contributed by atoms with Crippen LogP contribution in [0.5, 0.6) is 0 Å². The summed E-state index contributed by atoms with van der Waals surface area (Å²) in [6, 6.07) is 6.19. The van der Waals surface area contributed by atoms with Gasteiger partial charge < -0.3 is 21.1 Å². The number of rotatable bonds is 6. The maximum absolute atomic E-state index is 12.1. The molecule has 0 fully saturated rings. The van der Waals surface area contributed by atoms with Crippen LogP contribution in [-0.4, -0.2) is 38.9 Å². The number of methoxy groups -OCH3 is 1. The molecule has 3 aromatic rings. The van der Waals surface area contributed by atoms with E-state index < -0.39 is 11.9 Å². The lowest BCUT2D eigenvalue weighted by Crippen LogP contribution is -2.18. The number of benzene rings is 1. The van der Waals surface area contributed by atoms with E-state index in [4.69, 9.17) is 10.5 Å². The number of nitrogens with one attached hydrogen (secondary N) is 2. The highest BCUT2D eigenvalue weighted by molar-refractivity contribution is 6.07. The number of anilines is 4. The van der Waals surface area contributed by atoms with Crippen molar-refractivity contribution in [3.63, 3.8) is 0 Å². The summed E-state index contributed by atoms with van der Waals surface area (Å²) in [5.41, 5.74) is 6.37. The van der Waals surface area contributed by atoms with Crippen molar-refractivity contribution < 1.29 is 14.3 Å².